The average Bonchev–Trinajstić information content (AvgIpc) is 2.42. The molecule has 0 saturated heterocycles. The van der Waals surface area contributed by atoms with Crippen LogP contribution in [-0.4, -0.2) is 5.91 Å². The Morgan fingerprint density at radius 1 is 1.26 bits per heavy atom. The first-order valence-electron chi connectivity index (χ1n) is 7.44. The van der Waals surface area contributed by atoms with Crippen molar-refractivity contribution in [2.45, 2.75) is 39.5 Å². The van der Waals surface area contributed by atoms with Crippen molar-refractivity contribution in [1.82, 2.24) is 0 Å². The summed E-state index contributed by atoms with van der Waals surface area (Å²) in [4.78, 5) is 12.0. The number of amides is 1. The largest absolute Gasteiger partial charge is 0.369 e. The van der Waals surface area contributed by atoms with Crippen molar-refractivity contribution < 1.29 is 4.79 Å². The quantitative estimate of drug-likeness (QED) is 0.769. The van der Waals surface area contributed by atoms with Gasteiger partial charge in [-0.2, -0.15) is 0 Å². The Bertz CT molecular complexity index is 499. The van der Waals surface area contributed by atoms with Crippen molar-refractivity contribution in [3.05, 3.63) is 35.5 Å². The number of rotatable bonds is 1. The van der Waals surface area contributed by atoms with E-state index >= 15 is 0 Å². The molecule has 0 heterocycles. The summed E-state index contributed by atoms with van der Waals surface area (Å²) in [6, 6.07) is 0. The van der Waals surface area contributed by atoms with E-state index in [-0.39, 0.29) is 5.91 Å². The maximum atomic E-state index is 12.0. The van der Waals surface area contributed by atoms with Crippen molar-refractivity contribution in [2.75, 3.05) is 0 Å². The molecule has 0 aromatic carbocycles. The molecule has 4 atom stereocenters. The highest BCUT2D eigenvalue weighted by Gasteiger charge is 2.49. The summed E-state index contributed by atoms with van der Waals surface area (Å²) in [5.74, 6) is 1.33. The number of fused-ring (bicyclic) bond motifs is 3. The summed E-state index contributed by atoms with van der Waals surface area (Å²) in [5.41, 5.74) is 8.04. The van der Waals surface area contributed by atoms with Gasteiger partial charge >= 0.3 is 0 Å². The van der Waals surface area contributed by atoms with E-state index in [9.17, 15) is 4.79 Å². The monoisotopic (exact) mass is 257 g/mol. The lowest BCUT2D eigenvalue weighted by Crippen LogP contribution is -2.48. The Labute approximate surface area is 115 Å². The Kier molecular flexibility index (Phi) is 2.92. The van der Waals surface area contributed by atoms with Gasteiger partial charge in [0.25, 0.3) is 0 Å². The van der Waals surface area contributed by atoms with E-state index in [1.807, 2.05) is 0 Å². The molecule has 2 heteroatoms. The van der Waals surface area contributed by atoms with Crippen LogP contribution in [0.25, 0.3) is 0 Å². The molecule has 4 unspecified atom stereocenters. The molecule has 3 rings (SSSR count). The first-order chi connectivity index (χ1) is 9.05. The van der Waals surface area contributed by atoms with Crippen molar-refractivity contribution in [3.8, 4) is 0 Å². The molecular formula is C17H23NO. The third-order valence-corrected chi connectivity index (χ3v) is 5.73. The second kappa shape index (κ2) is 4.36. The van der Waals surface area contributed by atoms with Crippen LogP contribution < -0.4 is 5.73 Å². The molecule has 0 aliphatic heterocycles. The van der Waals surface area contributed by atoms with Gasteiger partial charge in [0.2, 0.25) is 5.91 Å². The maximum absolute atomic E-state index is 12.0. The Hall–Kier alpha value is -1.31. The van der Waals surface area contributed by atoms with Crippen LogP contribution in [0.15, 0.2) is 35.5 Å². The molecule has 1 amide bonds. The van der Waals surface area contributed by atoms with Crippen LogP contribution in [-0.2, 0) is 4.79 Å². The van der Waals surface area contributed by atoms with Gasteiger partial charge < -0.3 is 5.73 Å². The lowest BCUT2D eigenvalue weighted by atomic mass is 9.55. The highest BCUT2D eigenvalue weighted by Crippen LogP contribution is 2.54. The predicted molar refractivity (Wildman–Crippen MR) is 77.2 cm³/mol. The third kappa shape index (κ3) is 1.73. The molecular weight excluding hydrogens is 234 g/mol. The van der Waals surface area contributed by atoms with Crippen LogP contribution in [0, 0.1) is 23.2 Å². The number of hydrogen-bond donors (Lipinski definition) is 1. The maximum Gasteiger partial charge on any atom is 0.227 e. The number of primary amides is 1. The lowest BCUT2D eigenvalue weighted by molar-refractivity contribution is -0.128. The molecule has 0 aromatic heterocycles. The van der Waals surface area contributed by atoms with Crippen molar-refractivity contribution >= 4 is 5.91 Å². The summed E-state index contributed by atoms with van der Waals surface area (Å²) in [6.07, 6.45) is 13.6. The molecule has 2 nitrogen and oxygen atoms in total. The predicted octanol–water partition coefficient (Wildman–Crippen LogP) is 3.36. The molecule has 1 fully saturated rings. The van der Waals surface area contributed by atoms with E-state index in [1.165, 1.54) is 24.0 Å². The third-order valence-electron chi connectivity index (χ3n) is 5.73. The van der Waals surface area contributed by atoms with Crippen LogP contribution in [0.3, 0.4) is 0 Å². The normalized spacial score (nSPS) is 40.8. The summed E-state index contributed by atoms with van der Waals surface area (Å²) in [6.45, 7) is 4.22. The molecule has 1 saturated carbocycles. The van der Waals surface area contributed by atoms with Crippen LogP contribution in [0.1, 0.15) is 39.5 Å². The molecule has 19 heavy (non-hydrogen) atoms. The fourth-order valence-corrected chi connectivity index (χ4v) is 4.23. The molecule has 2 N–H and O–H groups in total. The van der Waals surface area contributed by atoms with Crippen molar-refractivity contribution in [3.63, 3.8) is 0 Å². The summed E-state index contributed by atoms with van der Waals surface area (Å²) in [7, 11) is 0. The zero-order chi connectivity index (χ0) is 13.6. The number of carbonyl (C=O) groups is 1. The minimum atomic E-state index is -0.452. The SMILES string of the molecule is CC1CCC2C(=CC=C3C=CCCC32)C1(C)C(N)=O. The van der Waals surface area contributed by atoms with E-state index < -0.39 is 5.41 Å². The number of carbonyl (C=O) groups excluding carboxylic acids is 1. The van der Waals surface area contributed by atoms with Crippen molar-refractivity contribution in [2.24, 2.45) is 28.9 Å². The van der Waals surface area contributed by atoms with Gasteiger partial charge in [-0.15, -0.1) is 0 Å². The zero-order valence-corrected chi connectivity index (χ0v) is 11.9. The van der Waals surface area contributed by atoms with Gasteiger partial charge in [0, 0.05) is 0 Å². The minimum absolute atomic E-state index is 0.154. The van der Waals surface area contributed by atoms with Gasteiger partial charge in [-0.05, 0) is 55.9 Å². The van der Waals surface area contributed by atoms with E-state index in [1.54, 1.807) is 0 Å². The Balaban J connectivity index is 2.07. The summed E-state index contributed by atoms with van der Waals surface area (Å²) in [5, 5.41) is 0. The van der Waals surface area contributed by atoms with Gasteiger partial charge in [-0.3, -0.25) is 4.79 Å². The van der Waals surface area contributed by atoms with Gasteiger partial charge in [0.05, 0.1) is 5.41 Å². The van der Waals surface area contributed by atoms with Crippen LogP contribution in [0.2, 0.25) is 0 Å². The Morgan fingerprint density at radius 3 is 2.79 bits per heavy atom. The standard InChI is InChI=1S/C17H23NO/c1-11-7-9-14-13-6-4-3-5-12(13)8-10-15(14)17(11,2)16(18)19/h3,5,8,10-11,13-14H,4,6-7,9H2,1-2H3,(H2,18,19). The average molecular weight is 257 g/mol. The van der Waals surface area contributed by atoms with Crippen LogP contribution in [0.5, 0.6) is 0 Å². The summed E-state index contributed by atoms with van der Waals surface area (Å²) < 4.78 is 0. The smallest absolute Gasteiger partial charge is 0.227 e. The minimum Gasteiger partial charge on any atom is -0.369 e. The van der Waals surface area contributed by atoms with E-state index in [0.717, 1.165) is 12.8 Å². The molecule has 0 spiro atoms. The van der Waals surface area contributed by atoms with Gasteiger partial charge in [0.1, 0.15) is 0 Å². The highest BCUT2D eigenvalue weighted by molar-refractivity contribution is 5.85. The first-order valence-corrected chi connectivity index (χ1v) is 7.44. The fraction of sp³-hybridized carbons (Fsp3) is 0.588. The highest BCUT2D eigenvalue weighted by atomic mass is 16.1. The number of hydrogen-bond acceptors (Lipinski definition) is 1. The second-order valence-electron chi connectivity index (χ2n) is 6.53. The second-order valence-corrected chi connectivity index (χ2v) is 6.53. The molecule has 102 valence electrons. The van der Waals surface area contributed by atoms with Crippen LogP contribution >= 0.6 is 0 Å². The topological polar surface area (TPSA) is 43.1 Å². The van der Waals surface area contributed by atoms with Gasteiger partial charge in [-0.1, -0.05) is 36.8 Å². The van der Waals surface area contributed by atoms with Gasteiger partial charge in [0.15, 0.2) is 0 Å². The molecule has 0 radical (unpaired) electrons. The molecule has 3 aliphatic carbocycles. The number of allylic oxidation sites excluding steroid dienone is 5. The molecule has 3 aliphatic rings. The van der Waals surface area contributed by atoms with Gasteiger partial charge in [-0.25, -0.2) is 0 Å². The Morgan fingerprint density at radius 2 is 2.05 bits per heavy atom. The molecule has 0 aromatic rings. The fourth-order valence-electron chi connectivity index (χ4n) is 4.23. The number of nitrogens with two attached hydrogens (primary N) is 1. The van der Waals surface area contributed by atoms with Crippen LogP contribution in [0.4, 0.5) is 0 Å². The van der Waals surface area contributed by atoms with E-state index in [4.69, 9.17) is 5.73 Å². The lowest BCUT2D eigenvalue weighted by Gasteiger charge is -2.48. The van der Waals surface area contributed by atoms with Crippen molar-refractivity contribution in [1.29, 1.82) is 0 Å². The molecule has 0 bridgehead atoms. The summed E-state index contributed by atoms with van der Waals surface area (Å²) >= 11 is 0. The van der Waals surface area contributed by atoms with E-state index in [2.05, 4.69) is 38.2 Å². The zero-order valence-electron chi connectivity index (χ0n) is 11.9. The van der Waals surface area contributed by atoms with E-state index in [0.29, 0.717) is 17.8 Å². The first kappa shape index (κ1) is 12.7.